The van der Waals surface area contributed by atoms with Crippen LogP contribution < -0.4 is 0 Å². The van der Waals surface area contributed by atoms with Crippen LogP contribution in [-0.4, -0.2) is 60.8 Å². The Labute approximate surface area is 166 Å². The van der Waals surface area contributed by atoms with E-state index in [4.69, 9.17) is 28.4 Å². The van der Waals surface area contributed by atoms with Crippen LogP contribution in [0, 0.1) is 0 Å². The molecule has 2 atom stereocenters. The predicted octanol–water partition coefficient (Wildman–Crippen LogP) is 3.08. The van der Waals surface area contributed by atoms with E-state index in [2.05, 4.69) is 0 Å². The minimum atomic E-state index is -1.46. The van der Waals surface area contributed by atoms with E-state index in [9.17, 15) is 9.59 Å². The van der Waals surface area contributed by atoms with Crippen molar-refractivity contribution in [1.82, 2.24) is 0 Å². The lowest BCUT2D eigenvalue weighted by Gasteiger charge is -2.30. The van der Waals surface area contributed by atoms with E-state index in [1.54, 1.807) is 41.5 Å². The maximum absolute atomic E-state index is 12.4. The average Bonchev–Trinajstić information content (AvgIpc) is 2.54. The summed E-state index contributed by atoms with van der Waals surface area (Å²) in [6.45, 7) is 14.7. The number of esters is 2. The maximum atomic E-state index is 12.4. The molecule has 160 valence electrons. The molecule has 0 amide bonds. The Morgan fingerprint density at radius 1 is 0.704 bits per heavy atom. The summed E-state index contributed by atoms with van der Waals surface area (Å²) in [5.41, 5.74) is 0. The van der Waals surface area contributed by atoms with Crippen molar-refractivity contribution in [3.05, 3.63) is 0 Å². The van der Waals surface area contributed by atoms with Crippen LogP contribution in [0.2, 0.25) is 0 Å². The quantitative estimate of drug-likeness (QED) is 0.316. The van der Waals surface area contributed by atoms with Gasteiger partial charge < -0.3 is 28.4 Å². The van der Waals surface area contributed by atoms with Crippen molar-refractivity contribution >= 4 is 23.7 Å². The topological polar surface area (TPSA) is 89.5 Å². The number of rotatable bonds is 14. The molecule has 0 aromatic carbocycles. The normalized spacial score (nSPS) is 14.5. The molecule has 0 N–H and O–H groups in total. The van der Waals surface area contributed by atoms with Crippen molar-refractivity contribution in [2.45, 2.75) is 77.8 Å². The van der Waals surface area contributed by atoms with Crippen LogP contribution in [0.25, 0.3) is 0 Å². The van der Waals surface area contributed by atoms with Crippen molar-refractivity contribution in [2.75, 3.05) is 26.4 Å². The van der Waals surface area contributed by atoms with Gasteiger partial charge in [-0.1, -0.05) is 0 Å². The largest absolute Gasteiger partial charge is 0.407 e. The van der Waals surface area contributed by atoms with Crippen molar-refractivity contribution in [3.63, 3.8) is 0 Å². The highest BCUT2D eigenvalue weighted by molar-refractivity contribution is 8.01. The monoisotopic (exact) mass is 410 g/mol. The zero-order chi connectivity index (χ0) is 21.1. The second-order valence-corrected chi connectivity index (χ2v) is 7.41. The van der Waals surface area contributed by atoms with Gasteiger partial charge in [-0.2, -0.15) is 0 Å². The molecule has 0 saturated carbocycles. The van der Waals surface area contributed by atoms with Crippen molar-refractivity contribution < 1.29 is 38.0 Å². The molecule has 8 nitrogen and oxygen atoms in total. The van der Waals surface area contributed by atoms with Crippen LogP contribution in [0.15, 0.2) is 0 Å². The number of thioether (sulfide) groups is 1. The summed E-state index contributed by atoms with van der Waals surface area (Å²) < 4.78 is 32.1. The molecule has 0 aliphatic carbocycles. The Bertz CT molecular complexity index is 405. The van der Waals surface area contributed by atoms with Gasteiger partial charge in [-0.15, -0.1) is 11.8 Å². The highest BCUT2D eigenvalue weighted by Crippen LogP contribution is 2.25. The summed E-state index contributed by atoms with van der Waals surface area (Å²) in [6.07, 6.45) is 0. The Kier molecular flexibility index (Phi) is 12.2. The van der Waals surface area contributed by atoms with Crippen LogP contribution in [0.5, 0.6) is 0 Å². The molecule has 9 heteroatoms. The SMILES string of the molecule is CCOC(C)(OCC)OC(=O)C(C)SC(C)C(=O)OC(C)(OCC)OCC. The Morgan fingerprint density at radius 3 is 1.19 bits per heavy atom. The van der Waals surface area contributed by atoms with Gasteiger partial charge in [0.2, 0.25) is 0 Å². The highest BCUT2D eigenvalue weighted by atomic mass is 32.2. The van der Waals surface area contributed by atoms with Crippen molar-refractivity contribution in [3.8, 4) is 0 Å². The maximum Gasteiger partial charge on any atom is 0.326 e. The lowest BCUT2D eigenvalue weighted by Crippen LogP contribution is -2.42. The van der Waals surface area contributed by atoms with Gasteiger partial charge in [-0.3, -0.25) is 9.59 Å². The summed E-state index contributed by atoms with van der Waals surface area (Å²) in [6, 6.07) is 0. The summed E-state index contributed by atoms with van der Waals surface area (Å²) in [5, 5.41) is -1.28. The number of hydrogen-bond donors (Lipinski definition) is 0. The van der Waals surface area contributed by atoms with Crippen molar-refractivity contribution in [2.24, 2.45) is 0 Å². The summed E-state index contributed by atoms with van der Waals surface area (Å²) in [5.74, 6) is -4.02. The van der Waals surface area contributed by atoms with E-state index >= 15 is 0 Å². The fourth-order valence-electron chi connectivity index (χ4n) is 2.20. The third kappa shape index (κ3) is 9.75. The first-order chi connectivity index (χ1) is 12.6. The van der Waals surface area contributed by atoms with Gasteiger partial charge in [-0.25, -0.2) is 0 Å². The molecule has 0 fully saturated rings. The van der Waals surface area contributed by atoms with E-state index in [0.717, 1.165) is 11.8 Å². The highest BCUT2D eigenvalue weighted by Gasteiger charge is 2.36. The molecule has 27 heavy (non-hydrogen) atoms. The fraction of sp³-hybridized carbons (Fsp3) is 0.889. The number of ether oxygens (including phenoxy) is 6. The molecule has 0 aliphatic rings. The van der Waals surface area contributed by atoms with Gasteiger partial charge in [-0.05, 0) is 41.5 Å². The van der Waals surface area contributed by atoms with Gasteiger partial charge >= 0.3 is 23.9 Å². The van der Waals surface area contributed by atoms with E-state index in [0.29, 0.717) is 26.4 Å². The van der Waals surface area contributed by atoms with Crippen molar-refractivity contribution in [1.29, 1.82) is 0 Å². The molecular formula is C18H34O8S. The second kappa shape index (κ2) is 12.6. The lowest BCUT2D eigenvalue weighted by atomic mass is 10.4. The second-order valence-electron chi connectivity index (χ2n) is 5.72. The average molecular weight is 411 g/mol. The molecule has 0 rings (SSSR count). The van der Waals surface area contributed by atoms with E-state index < -0.39 is 34.4 Å². The molecule has 2 unspecified atom stereocenters. The van der Waals surface area contributed by atoms with Gasteiger partial charge in [0.25, 0.3) is 0 Å². The Hall–Kier alpha value is -0.870. The molecule has 0 saturated heterocycles. The minimum Gasteiger partial charge on any atom is -0.407 e. The Morgan fingerprint density at radius 2 is 0.963 bits per heavy atom. The molecule has 0 aliphatic heterocycles. The lowest BCUT2D eigenvalue weighted by molar-refractivity contribution is -0.350. The van der Waals surface area contributed by atoms with Gasteiger partial charge in [0.05, 0.1) is 26.4 Å². The first-order valence-corrected chi connectivity index (χ1v) is 10.2. The number of carbonyl (C=O) groups excluding carboxylic acids is 2. The van der Waals surface area contributed by atoms with Gasteiger partial charge in [0.1, 0.15) is 10.5 Å². The first-order valence-electron chi connectivity index (χ1n) is 9.23. The van der Waals surface area contributed by atoms with Crippen LogP contribution in [0.1, 0.15) is 55.4 Å². The number of carbonyl (C=O) groups is 2. The van der Waals surface area contributed by atoms with E-state index in [-0.39, 0.29) is 0 Å². The summed E-state index contributed by atoms with van der Waals surface area (Å²) >= 11 is 1.10. The standard InChI is InChI=1S/C18H34O8S/c1-9-21-17(7,22-10-2)25-15(19)13(5)27-14(6)16(20)26-18(8,23-11-3)24-12-4/h13-14H,9-12H2,1-8H3. The van der Waals surface area contributed by atoms with Crippen LogP contribution >= 0.6 is 11.8 Å². The zero-order valence-corrected chi connectivity index (χ0v) is 18.5. The summed E-state index contributed by atoms with van der Waals surface area (Å²) in [4.78, 5) is 24.7. The molecule has 0 heterocycles. The van der Waals surface area contributed by atoms with E-state index in [1.807, 2.05) is 0 Å². The fourth-order valence-corrected chi connectivity index (χ4v) is 3.13. The Balaban J connectivity index is 4.80. The van der Waals surface area contributed by atoms with Gasteiger partial charge in [0.15, 0.2) is 0 Å². The smallest absolute Gasteiger partial charge is 0.326 e. The minimum absolute atomic E-state index is 0.321. The first kappa shape index (κ1) is 26.1. The third-order valence-electron chi connectivity index (χ3n) is 3.27. The molecule has 0 radical (unpaired) electrons. The molecular weight excluding hydrogens is 376 g/mol. The third-order valence-corrected chi connectivity index (χ3v) is 4.47. The van der Waals surface area contributed by atoms with Gasteiger partial charge in [0, 0.05) is 13.8 Å². The van der Waals surface area contributed by atoms with Crippen LogP contribution in [-0.2, 0) is 38.0 Å². The predicted molar refractivity (Wildman–Crippen MR) is 102 cm³/mol. The molecule has 0 aromatic rings. The molecule has 0 aromatic heterocycles. The zero-order valence-electron chi connectivity index (χ0n) is 17.7. The van der Waals surface area contributed by atoms with Crippen LogP contribution in [0.4, 0.5) is 0 Å². The summed E-state index contributed by atoms with van der Waals surface area (Å²) in [7, 11) is 0. The molecule has 0 spiro atoms. The van der Waals surface area contributed by atoms with E-state index in [1.165, 1.54) is 13.8 Å². The number of hydrogen-bond acceptors (Lipinski definition) is 9. The van der Waals surface area contributed by atoms with Crippen LogP contribution in [0.3, 0.4) is 0 Å². The molecule has 0 bridgehead atoms.